The molecule has 0 saturated heterocycles. The van der Waals surface area contributed by atoms with E-state index in [9.17, 15) is 4.39 Å². The minimum Gasteiger partial charge on any atom is -0.494 e. The molecule has 0 unspecified atom stereocenters. The molecule has 0 saturated carbocycles. The lowest BCUT2D eigenvalue weighted by molar-refractivity contribution is 0.304. The molecule has 0 aliphatic carbocycles. The topological polar surface area (TPSA) is 22.1 Å². The highest BCUT2D eigenvalue weighted by Crippen LogP contribution is 2.23. The molecular weight excluding hydrogens is 397 g/mol. The number of benzene rings is 1. The van der Waals surface area contributed by atoms with E-state index in [1.807, 2.05) is 36.4 Å². The summed E-state index contributed by atoms with van der Waals surface area (Å²) in [6.45, 7) is 5.24. The Morgan fingerprint density at radius 1 is 0.656 bits per heavy atom. The third kappa shape index (κ3) is 10.6. The van der Waals surface area contributed by atoms with Crippen molar-refractivity contribution < 1.29 is 9.13 Å². The molecule has 0 aliphatic rings. The summed E-state index contributed by atoms with van der Waals surface area (Å²) in [6.07, 6.45) is 18.4. The number of aromatic nitrogens is 1. The molecule has 2 nitrogen and oxygen atoms in total. The number of pyridine rings is 1. The van der Waals surface area contributed by atoms with Crippen LogP contribution in [-0.2, 0) is 6.42 Å². The highest BCUT2D eigenvalue weighted by atomic mass is 19.1. The summed E-state index contributed by atoms with van der Waals surface area (Å²) in [5.74, 6) is 0.544. The van der Waals surface area contributed by atoms with Crippen LogP contribution in [0.4, 0.5) is 4.39 Å². The van der Waals surface area contributed by atoms with Crippen molar-refractivity contribution in [2.24, 2.45) is 0 Å². The Morgan fingerprint density at radius 2 is 1.22 bits per heavy atom. The van der Waals surface area contributed by atoms with E-state index in [2.05, 4.69) is 18.8 Å². The van der Waals surface area contributed by atoms with Crippen molar-refractivity contribution in [3.05, 3.63) is 47.9 Å². The van der Waals surface area contributed by atoms with Gasteiger partial charge in [-0.3, -0.25) is 0 Å². The van der Waals surface area contributed by atoms with Gasteiger partial charge in [-0.2, -0.15) is 4.39 Å². The smallest absolute Gasteiger partial charge is 0.216 e. The van der Waals surface area contributed by atoms with E-state index in [4.69, 9.17) is 4.74 Å². The third-order valence-corrected chi connectivity index (χ3v) is 6.14. The Labute approximate surface area is 196 Å². The molecule has 1 aromatic carbocycles. The summed E-state index contributed by atoms with van der Waals surface area (Å²) in [5.41, 5.74) is 2.35. The predicted octanol–water partition coefficient (Wildman–Crippen LogP) is 9.31. The maximum atomic E-state index is 14.5. The zero-order chi connectivity index (χ0) is 22.9. The first-order valence-electron chi connectivity index (χ1n) is 13.1. The van der Waals surface area contributed by atoms with Gasteiger partial charge in [0.1, 0.15) is 5.75 Å². The fourth-order valence-electron chi connectivity index (χ4n) is 4.05. The molecule has 1 heterocycles. The van der Waals surface area contributed by atoms with Crippen molar-refractivity contribution in [3.63, 3.8) is 0 Å². The first-order valence-corrected chi connectivity index (χ1v) is 13.1. The molecule has 1 aromatic heterocycles. The van der Waals surface area contributed by atoms with Crippen LogP contribution < -0.4 is 4.74 Å². The standard InChI is InChI=1S/C29H44FNO/c1-3-5-7-9-11-12-13-15-17-26-20-23-28(31-29(26)30)25-18-21-27(22-19-25)32-24-16-14-10-8-6-4-2/h18-23H,3-17,24H2,1-2H3. The normalized spacial score (nSPS) is 11.1. The highest BCUT2D eigenvalue weighted by molar-refractivity contribution is 5.60. The first-order chi connectivity index (χ1) is 15.7. The molecule has 0 amide bonds. The zero-order valence-electron chi connectivity index (χ0n) is 20.5. The lowest BCUT2D eigenvalue weighted by Gasteiger charge is -2.08. The zero-order valence-corrected chi connectivity index (χ0v) is 20.5. The molecule has 0 bridgehead atoms. The number of ether oxygens (including phenoxy) is 1. The monoisotopic (exact) mass is 441 g/mol. The predicted molar refractivity (Wildman–Crippen MR) is 135 cm³/mol. The molecule has 0 spiro atoms. The van der Waals surface area contributed by atoms with Gasteiger partial charge in [0.05, 0.1) is 12.3 Å². The van der Waals surface area contributed by atoms with Crippen molar-refractivity contribution >= 4 is 0 Å². The van der Waals surface area contributed by atoms with Crippen LogP contribution in [0.1, 0.15) is 109 Å². The number of rotatable bonds is 18. The van der Waals surface area contributed by atoms with E-state index in [1.54, 1.807) is 0 Å². The summed E-state index contributed by atoms with van der Waals surface area (Å²) in [6, 6.07) is 11.7. The summed E-state index contributed by atoms with van der Waals surface area (Å²) in [4.78, 5) is 4.23. The number of unbranched alkanes of at least 4 members (excludes halogenated alkanes) is 12. The van der Waals surface area contributed by atoms with Crippen LogP contribution >= 0.6 is 0 Å². The van der Waals surface area contributed by atoms with Crippen LogP contribution in [0.15, 0.2) is 36.4 Å². The third-order valence-electron chi connectivity index (χ3n) is 6.14. The Morgan fingerprint density at radius 3 is 1.81 bits per heavy atom. The van der Waals surface area contributed by atoms with Crippen molar-refractivity contribution in [3.8, 4) is 17.0 Å². The molecule has 2 rings (SSSR count). The number of hydrogen-bond acceptors (Lipinski definition) is 2. The molecule has 0 aliphatic heterocycles. The van der Waals surface area contributed by atoms with Crippen LogP contribution in [0.25, 0.3) is 11.3 Å². The van der Waals surface area contributed by atoms with Gasteiger partial charge in [0.15, 0.2) is 0 Å². The van der Waals surface area contributed by atoms with Gasteiger partial charge in [-0.25, -0.2) is 4.98 Å². The second kappa shape index (κ2) is 16.7. The van der Waals surface area contributed by atoms with Crippen LogP contribution in [0.3, 0.4) is 0 Å². The highest BCUT2D eigenvalue weighted by Gasteiger charge is 2.07. The Balaban J connectivity index is 1.70. The Hall–Kier alpha value is -1.90. The van der Waals surface area contributed by atoms with E-state index >= 15 is 0 Å². The second-order valence-electron chi connectivity index (χ2n) is 9.01. The molecule has 178 valence electrons. The number of halogens is 1. The van der Waals surface area contributed by atoms with E-state index in [0.29, 0.717) is 5.69 Å². The van der Waals surface area contributed by atoms with Gasteiger partial charge >= 0.3 is 0 Å². The van der Waals surface area contributed by atoms with E-state index in [1.165, 1.54) is 77.0 Å². The van der Waals surface area contributed by atoms with Gasteiger partial charge in [0.25, 0.3) is 0 Å². The van der Waals surface area contributed by atoms with Crippen molar-refractivity contribution in [1.29, 1.82) is 0 Å². The van der Waals surface area contributed by atoms with E-state index in [-0.39, 0.29) is 5.95 Å². The van der Waals surface area contributed by atoms with Gasteiger partial charge in [-0.15, -0.1) is 0 Å². The van der Waals surface area contributed by atoms with Gasteiger partial charge in [-0.05, 0) is 49.6 Å². The van der Waals surface area contributed by atoms with Crippen LogP contribution in [0.2, 0.25) is 0 Å². The average Bonchev–Trinajstić information content (AvgIpc) is 2.81. The van der Waals surface area contributed by atoms with Crippen molar-refractivity contribution in [2.75, 3.05) is 6.61 Å². The van der Waals surface area contributed by atoms with Gasteiger partial charge in [0, 0.05) is 11.1 Å². The van der Waals surface area contributed by atoms with Crippen molar-refractivity contribution in [2.45, 2.75) is 110 Å². The molecule has 0 fully saturated rings. The Bertz CT molecular complexity index is 728. The maximum absolute atomic E-state index is 14.5. The minimum atomic E-state index is -0.325. The Kier molecular flexibility index (Phi) is 13.7. The number of aryl methyl sites for hydroxylation is 1. The molecule has 0 N–H and O–H groups in total. The molecule has 2 aromatic rings. The maximum Gasteiger partial charge on any atom is 0.216 e. The lowest BCUT2D eigenvalue weighted by atomic mass is 10.0. The molecular formula is C29H44FNO. The van der Waals surface area contributed by atoms with Gasteiger partial charge in [0.2, 0.25) is 5.95 Å². The first kappa shape index (κ1) is 26.4. The van der Waals surface area contributed by atoms with E-state index in [0.717, 1.165) is 42.7 Å². The summed E-state index contributed by atoms with van der Waals surface area (Å²) in [5, 5.41) is 0. The lowest BCUT2D eigenvalue weighted by Crippen LogP contribution is -1.98. The van der Waals surface area contributed by atoms with Gasteiger partial charge in [-0.1, -0.05) is 97.0 Å². The summed E-state index contributed by atoms with van der Waals surface area (Å²) < 4.78 is 20.4. The minimum absolute atomic E-state index is 0.325. The quantitative estimate of drug-likeness (QED) is 0.170. The number of hydrogen-bond donors (Lipinski definition) is 0. The molecule has 0 radical (unpaired) electrons. The number of nitrogens with zero attached hydrogens (tertiary/aromatic N) is 1. The van der Waals surface area contributed by atoms with Crippen molar-refractivity contribution in [1.82, 2.24) is 4.98 Å². The largest absolute Gasteiger partial charge is 0.494 e. The SMILES string of the molecule is CCCCCCCCCCc1ccc(-c2ccc(OCCCCCCCC)cc2)nc1F. The van der Waals surface area contributed by atoms with Crippen LogP contribution in [-0.4, -0.2) is 11.6 Å². The fourth-order valence-corrected chi connectivity index (χ4v) is 4.05. The molecule has 3 heteroatoms. The average molecular weight is 442 g/mol. The summed E-state index contributed by atoms with van der Waals surface area (Å²) >= 11 is 0. The summed E-state index contributed by atoms with van der Waals surface area (Å²) in [7, 11) is 0. The second-order valence-corrected chi connectivity index (χ2v) is 9.01. The fraction of sp³-hybridized carbons (Fsp3) is 0.621. The van der Waals surface area contributed by atoms with Gasteiger partial charge < -0.3 is 4.74 Å². The molecule has 32 heavy (non-hydrogen) atoms. The van der Waals surface area contributed by atoms with Crippen LogP contribution in [0.5, 0.6) is 5.75 Å². The van der Waals surface area contributed by atoms with Crippen LogP contribution in [0, 0.1) is 5.95 Å². The molecule has 0 atom stereocenters. The van der Waals surface area contributed by atoms with E-state index < -0.39 is 0 Å².